The van der Waals surface area contributed by atoms with E-state index in [4.69, 9.17) is 5.11 Å². The molecule has 6 heteroatoms. The van der Waals surface area contributed by atoms with E-state index in [9.17, 15) is 9.59 Å². The summed E-state index contributed by atoms with van der Waals surface area (Å²) in [5.41, 5.74) is 7.42. The van der Waals surface area contributed by atoms with Crippen molar-refractivity contribution in [3.05, 3.63) is 101 Å². The van der Waals surface area contributed by atoms with Gasteiger partial charge in [-0.3, -0.25) is 9.59 Å². The number of aryl methyl sites for hydroxylation is 2. The number of aromatic nitrogens is 1. The zero-order valence-electron chi connectivity index (χ0n) is 22.6. The molecule has 1 saturated heterocycles. The van der Waals surface area contributed by atoms with E-state index in [0.29, 0.717) is 6.42 Å². The zero-order valence-corrected chi connectivity index (χ0v) is 22.6. The Hall–Kier alpha value is -4.06. The molecule has 1 aliphatic rings. The fourth-order valence-corrected chi connectivity index (χ4v) is 5.65. The number of hydrogen-bond acceptors (Lipinski definition) is 3. The zero-order chi connectivity index (χ0) is 27.2. The number of hydrogen-bond donors (Lipinski definition) is 3. The smallest absolute Gasteiger partial charge is 0.303 e. The number of fused-ring (bicyclic) bond motifs is 1. The Morgan fingerprint density at radius 3 is 2.49 bits per heavy atom. The Bertz CT molecular complexity index is 1440. The first-order valence-electron chi connectivity index (χ1n) is 14.0. The third-order valence-corrected chi connectivity index (χ3v) is 7.69. The molecular weight excluding hydrogens is 486 g/mol. The van der Waals surface area contributed by atoms with E-state index in [-0.39, 0.29) is 24.8 Å². The van der Waals surface area contributed by atoms with Crippen molar-refractivity contribution in [3.63, 3.8) is 0 Å². The van der Waals surface area contributed by atoms with Gasteiger partial charge in [0.2, 0.25) is 5.91 Å². The van der Waals surface area contributed by atoms with E-state index in [0.717, 1.165) is 46.2 Å². The van der Waals surface area contributed by atoms with Crippen LogP contribution in [0.25, 0.3) is 10.9 Å². The van der Waals surface area contributed by atoms with E-state index in [1.165, 1.54) is 36.9 Å². The predicted molar refractivity (Wildman–Crippen MR) is 156 cm³/mol. The number of aliphatic carboxylic acids is 1. The molecule has 1 aromatic heterocycles. The summed E-state index contributed by atoms with van der Waals surface area (Å²) < 4.78 is 0. The number of benzene rings is 3. The van der Waals surface area contributed by atoms with Crippen molar-refractivity contribution < 1.29 is 14.7 Å². The molecule has 2 heterocycles. The largest absolute Gasteiger partial charge is 0.481 e. The fourth-order valence-electron chi connectivity index (χ4n) is 5.65. The van der Waals surface area contributed by atoms with E-state index in [2.05, 4.69) is 52.5 Å². The van der Waals surface area contributed by atoms with Crippen LogP contribution in [-0.4, -0.2) is 35.1 Å². The number of carbonyl (C=O) groups excluding carboxylic acids is 1. The number of carboxylic acid groups (broad SMARTS) is 1. The molecule has 1 aliphatic heterocycles. The van der Waals surface area contributed by atoms with Gasteiger partial charge in [-0.05, 0) is 66.6 Å². The van der Waals surface area contributed by atoms with Crippen LogP contribution in [0, 0.1) is 6.92 Å². The maximum Gasteiger partial charge on any atom is 0.303 e. The Balaban J connectivity index is 1.42. The molecule has 0 radical (unpaired) electrons. The number of carboxylic acids is 1. The van der Waals surface area contributed by atoms with Crippen LogP contribution in [0.5, 0.6) is 0 Å². The molecule has 0 bridgehead atoms. The van der Waals surface area contributed by atoms with Crippen molar-refractivity contribution in [1.82, 2.24) is 10.3 Å². The number of nitrogens with one attached hydrogen (secondary N) is 2. The quantitative estimate of drug-likeness (QED) is 0.240. The highest BCUT2D eigenvalue weighted by molar-refractivity contribution is 5.87. The molecule has 3 N–H and O–H groups in total. The van der Waals surface area contributed by atoms with E-state index in [1.54, 1.807) is 0 Å². The summed E-state index contributed by atoms with van der Waals surface area (Å²) in [5.74, 6) is -0.865. The van der Waals surface area contributed by atoms with Gasteiger partial charge in [0.1, 0.15) is 0 Å². The molecule has 202 valence electrons. The van der Waals surface area contributed by atoms with E-state index >= 15 is 0 Å². The van der Waals surface area contributed by atoms with Crippen LogP contribution in [-0.2, 0) is 22.4 Å². The standard InChI is InChI=1S/C33H37N3O3/c1-23-11-14-27(30(19-23)36-17-7-2-3-8-18-36)33(25-9-5-4-6-10-25)35-31(37)21-24-12-15-29-28(20-24)26(22-34-29)13-16-32(38)39/h4-6,9-12,14-15,19-20,22,33-34H,2-3,7-8,13,16-18,21H2,1H3,(H,35,37)(H,38,39). The number of carbonyl (C=O) groups is 2. The van der Waals surface area contributed by atoms with Gasteiger partial charge in [-0.15, -0.1) is 0 Å². The minimum atomic E-state index is -0.817. The first kappa shape index (κ1) is 26.5. The molecule has 4 aromatic rings. The van der Waals surface area contributed by atoms with Gasteiger partial charge in [0.25, 0.3) is 0 Å². The fraction of sp³-hybridized carbons (Fsp3) is 0.333. The average molecular weight is 524 g/mol. The van der Waals surface area contributed by atoms with Gasteiger partial charge in [0.15, 0.2) is 0 Å². The Labute approximate surface area is 230 Å². The predicted octanol–water partition coefficient (Wildman–Crippen LogP) is 6.32. The molecule has 39 heavy (non-hydrogen) atoms. The lowest BCUT2D eigenvalue weighted by atomic mass is 9.94. The van der Waals surface area contributed by atoms with E-state index in [1.807, 2.05) is 42.6 Å². The summed E-state index contributed by atoms with van der Waals surface area (Å²) in [6, 6.07) is 22.5. The summed E-state index contributed by atoms with van der Waals surface area (Å²) >= 11 is 0. The van der Waals surface area contributed by atoms with Gasteiger partial charge in [-0.2, -0.15) is 0 Å². The highest BCUT2D eigenvalue weighted by Crippen LogP contribution is 2.33. The molecule has 0 saturated carbocycles. The van der Waals surface area contributed by atoms with Crippen molar-refractivity contribution in [3.8, 4) is 0 Å². The molecule has 6 nitrogen and oxygen atoms in total. The topological polar surface area (TPSA) is 85.4 Å². The van der Waals surface area contributed by atoms with Gasteiger partial charge in [-0.1, -0.05) is 61.4 Å². The highest BCUT2D eigenvalue weighted by atomic mass is 16.4. The monoisotopic (exact) mass is 523 g/mol. The maximum atomic E-state index is 13.5. The van der Waals surface area contributed by atoms with Crippen LogP contribution in [0.2, 0.25) is 0 Å². The Morgan fingerprint density at radius 1 is 0.974 bits per heavy atom. The molecule has 1 unspecified atom stereocenters. The third-order valence-electron chi connectivity index (χ3n) is 7.69. The molecular formula is C33H37N3O3. The minimum Gasteiger partial charge on any atom is -0.481 e. The summed E-state index contributed by atoms with van der Waals surface area (Å²) in [4.78, 5) is 30.3. The van der Waals surface area contributed by atoms with Crippen LogP contribution < -0.4 is 10.2 Å². The van der Waals surface area contributed by atoms with Crippen LogP contribution in [0.4, 0.5) is 5.69 Å². The number of nitrogens with zero attached hydrogens (tertiary/aromatic N) is 1. The number of anilines is 1. The summed E-state index contributed by atoms with van der Waals surface area (Å²) in [6.07, 6.45) is 7.54. The lowest BCUT2D eigenvalue weighted by Crippen LogP contribution is -2.33. The maximum absolute atomic E-state index is 13.5. The third kappa shape index (κ3) is 6.51. The summed E-state index contributed by atoms with van der Waals surface area (Å²) in [5, 5.41) is 13.4. The van der Waals surface area contributed by atoms with Crippen molar-refractivity contribution in [1.29, 1.82) is 0 Å². The molecule has 0 aliphatic carbocycles. The molecule has 1 atom stereocenters. The van der Waals surface area contributed by atoms with Gasteiger partial charge in [0.05, 0.1) is 12.5 Å². The molecule has 3 aromatic carbocycles. The molecule has 5 rings (SSSR count). The molecule has 0 spiro atoms. The Morgan fingerprint density at radius 2 is 1.74 bits per heavy atom. The van der Waals surface area contributed by atoms with Crippen LogP contribution in [0.15, 0.2) is 72.9 Å². The SMILES string of the molecule is Cc1ccc(C(NC(=O)Cc2ccc3[nH]cc(CCC(=O)O)c3c2)c2ccccc2)c(N2CCCCCC2)c1. The first-order valence-corrected chi connectivity index (χ1v) is 14.0. The summed E-state index contributed by atoms with van der Waals surface area (Å²) in [6.45, 7) is 4.20. The molecule has 1 fully saturated rings. The van der Waals surface area contributed by atoms with E-state index < -0.39 is 5.97 Å². The normalized spacial score (nSPS) is 14.6. The van der Waals surface area contributed by atoms with Gasteiger partial charge >= 0.3 is 5.97 Å². The first-order chi connectivity index (χ1) is 19.0. The van der Waals surface area contributed by atoms with Crippen molar-refractivity contribution in [2.75, 3.05) is 18.0 Å². The summed E-state index contributed by atoms with van der Waals surface area (Å²) in [7, 11) is 0. The molecule has 1 amide bonds. The lowest BCUT2D eigenvalue weighted by molar-refractivity contribution is -0.137. The van der Waals surface area contributed by atoms with Crippen molar-refractivity contribution >= 4 is 28.5 Å². The van der Waals surface area contributed by atoms with Gasteiger partial charge in [0, 0.05) is 47.9 Å². The van der Waals surface area contributed by atoms with Crippen LogP contribution >= 0.6 is 0 Å². The van der Waals surface area contributed by atoms with Crippen LogP contribution in [0.3, 0.4) is 0 Å². The second-order valence-electron chi connectivity index (χ2n) is 10.6. The van der Waals surface area contributed by atoms with Crippen LogP contribution in [0.1, 0.15) is 66.0 Å². The Kier molecular flexibility index (Phi) is 8.30. The number of amides is 1. The number of H-pyrrole nitrogens is 1. The lowest BCUT2D eigenvalue weighted by Gasteiger charge is -2.30. The van der Waals surface area contributed by atoms with Crippen molar-refractivity contribution in [2.24, 2.45) is 0 Å². The van der Waals surface area contributed by atoms with Crippen molar-refractivity contribution in [2.45, 2.75) is 57.9 Å². The second kappa shape index (κ2) is 12.2. The minimum absolute atomic E-state index is 0.0479. The second-order valence-corrected chi connectivity index (χ2v) is 10.6. The number of aromatic amines is 1. The highest BCUT2D eigenvalue weighted by Gasteiger charge is 2.23. The van der Waals surface area contributed by atoms with Gasteiger partial charge < -0.3 is 20.3 Å². The average Bonchev–Trinajstić information content (AvgIpc) is 3.13. The number of rotatable bonds is 9. The van der Waals surface area contributed by atoms with Gasteiger partial charge in [-0.25, -0.2) is 0 Å².